The predicted octanol–water partition coefficient (Wildman–Crippen LogP) is 6.07. The van der Waals surface area contributed by atoms with Crippen LogP contribution in [0.1, 0.15) is 36.7 Å². The SMILES string of the molecule is CC(C)Oc1ccc(/C(O)=C2/C(=O)C(=O)N(c3ccc(OCc4ccccc4)cc3)C2c2ccccn2)cc1. The van der Waals surface area contributed by atoms with E-state index in [0.717, 1.165) is 5.56 Å². The van der Waals surface area contributed by atoms with Crippen LogP contribution in [0.5, 0.6) is 11.5 Å². The predicted molar refractivity (Wildman–Crippen MR) is 148 cm³/mol. The van der Waals surface area contributed by atoms with E-state index < -0.39 is 17.7 Å². The van der Waals surface area contributed by atoms with Crippen molar-refractivity contribution in [3.63, 3.8) is 0 Å². The molecule has 7 nitrogen and oxygen atoms in total. The third-order valence-corrected chi connectivity index (χ3v) is 6.28. The van der Waals surface area contributed by atoms with E-state index in [-0.39, 0.29) is 17.4 Å². The van der Waals surface area contributed by atoms with Crippen molar-refractivity contribution >= 4 is 23.1 Å². The van der Waals surface area contributed by atoms with Crippen LogP contribution in [-0.2, 0) is 16.2 Å². The second-order valence-corrected chi connectivity index (χ2v) is 9.38. The number of Topliss-reactive ketones (excluding diaryl/α,β-unsaturated/α-hetero) is 1. The molecule has 1 unspecified atom stereocenters. The fraction of sp³-hybridized carbons (Fsp3) is 0.156. The number of pyridine rings is 1. The minimum Gasteiger partial charge on any atom is -0.507 e. The molecule has 0 aliphatic carbocycles. The quantitative estimate of drug-likeness (QED) is 0.172. The number of carbonyl (C=O) groups excluding carboxylic acids is 2. The molecule has 1 N–H and O–H groups in total. The van der Waals surface area contributed by atoms with Crippen LogP contribution in [0.3, 0.4) is 0 Å². The van der Waals surface area contributed by atoms with Gasteiger partial charge in [-0.3, -0.25) is 19.5 Å². The Balaban J connectivity index is 1.49. The van der Waals surface area contributed by atoms with Gasteiger partial charge in [0.05, 0.1) is 17.4 Å². The maximum Gasteiger partial charge on any atom is 0.300 e. The molecule has 3 aromatic carbocycles. The molecular weight excluding hydrogens is 492 g/mol. The van der Waals surface area contributed by atoms with Gasteiger partial charge in [0.15, 0.2) is 0 Å². The highest BCUT2D eigenvalue weighted by Gasteiger charge is 2.47. The second-order valence-electron chi connectivity index (χ2n) is 9.38. The number of aliphatic hydroxyl groups is 1. The standard InChI is InChI=1S/C32H28N2O5/c1-21(2)39-26-15-11-23(12-16-26)30(35)28-29(27-10-6-7-19-33-27)34(32(37)31(28)36)24-13-17-25(18-14-24)38-20-22-8-4-3-5-9-22/h3-19,21,29,35H,20H2,1-2H3/b30-28-. The summed E-state index contributed by atoms with van der Waals surface area (Å²) in [7, 11) is 0. The van der Waals surface area contributed by atoms with Gasteiger partial charge in [-0.05, 0) is 80.1 Å². The van der Waals surface area contributed by atoms with Crippen LogP contribution in [0.2, 0.25) is 0 Å². The number of nitrogens with zero attached hydrogens (tertiary/aromatic N) is 2. The molecule has 0 radical (unpaired) electrons. The number of amides is 1. The number of carbonyl (C=O) groups is 2. The second kappa shape index (κ2) is 11.2. The monoisotopic (exact) mass is 520 g/mol. The van der Waals surface area contributed by atoms with Crippen molar-refractivity contribution in [2.45, 2.75) is 32.6 Å². The Labute approximate surface area is 227 Å². The third kappa shape index (κ3) is 5.52. The summed E-state index contributed by atoms with van der Waals surface area (Å²) in [4.78, 5) is 32.5. The topological polar surface area (TPSA) is 89.0 Å². The molecule has 2 heterocycles. The highest BCUT2D eigenvalue weighted by atomic mass is 16.5. The largest absolute Gasteiger partial charge is 0.507 e. The van der Waals surface area contributed by atoms with Gasteiger partial charge in [0.25, 0.3) is 11.7 Å². The first-order chi connectivity index (χ1) is 18.9. The van der Waals surface area contributed by atoms with Crippen LogP contribution < -0.4 is 14.4 Å². The van der Waals surface area contributed by atoms with Crippen molar-refractivity contribution in [1.29, 1.82) is 0 Å². The lowest BCUT2D eigenvalue weighted by molar-refractivity contribution is -0.132. The van der Waals surface area contributed by atoms with E-state index in [1.165, 1.54) is 4.90 Å². The Hall–Kier alpha value is -4.91. The summed E-state index contributed by atoms with van der Waals surface area (Å²) in [6.07, 6.45) is 1.59. The third-order valence-electron chi connectivity index (χ3n) is 6.28. The molecule has 39 heavy (non-hydrogen) atoms. The average Bonchev–Trinajstić information content (AvgIpc) is 3.23. The zero-order valence-electron chi connectivity index (χ0n) is 21.7. The van der Waals surface area contributed by atoms with Gasteiger partial charge in [-0.1, -0.05) is 36.4 Å². The molecule has 196 valence electrons. The van der Waals surface area contributed by atoms with Crippen LogP contribution in [-0.4, -0.2) is 27.9 Å². The van der Waals surface area contributed by atoms with E-state index >= 15 is 0 Å². The molecule has 1 amide bonds. The molecule has 7 heteroatoms. The summed E-state index contributed by atoms with van der Waals surface area (Å²) in [6.45, 7) is 4.24. The van der Waals surface area contributed by atoms with Gasteiger partial charge >= 0.3 is 0 Å². The lowest BCUT2D eigenvalue weighted by Crippen LogP contribution is -2.29. The van der Waals surface area contributed by atoms with Crippen molar-refractivity contribution in [2.75, 3.05) is 4.90 Å². The number of aliphatic hydroxyl groups excluding tert-OH is 1. The highest BCUT2D eigenvalue weighted by molar-refractivity contribution is 6.51. The summed E-state index contributed by atoms with van der Waals surface area (Å²) < 4.78 is 11.6. The molecule has 0 bridgehead atoms. The smallest absolute Gasteiger partial charge is 0.300 e. The molecule has 0 saturated carbocycles. The number of benzene rings is 3. The highest BCUT2D eigenvalue weighted by Crippen LogP contribution is 2.42. The van der Waals surface area contributed by atoms with E-state index in [1.807, 2.05) is 44.2 Å². The van der Waals surface area contributed by atoms with Crippen LogP contribution in [0.15, 0.2) is 109 Å². The lowest BCUT2D eigenvalue weighted by Gasteiger charge is -2.24. The van der Waals surface area contributed by atoms with Gasteiger partial charge in [-0.2, -0.15) is 0 Å². The van der Waals surface area contributed by atoms with E-state index in [2.05, 4.69) is 4.98 Å². The number of aromatic nitrogens is 1. The average molecular weight is 521 g/mol. The van der Waals surface area contributed by atoms with Gasteiger partial charge in [0.1, 0.15) is 29.9 Å². The zero-order chi connectivity index (χ0) is 27.4. The first-order valence-corrected chi connectivity index (χ1v) is 12.7. The Morgan fingerprint density at radius 2 is 1.54 bits per heavy atom. The van der Waals surface area contributed by atoms with Crippen molar-refractivity contribution < 1.29 is 24.2 Å². The Morgan fingerprint density at radius 1 is 0.872 bits per heavy atom. The Kier molecular flexibility index (Phi) is 7.41. The summed E-state index contributed by atoms with van der Waals surface area (Å²) in [5.41, 5.74) is 2.35. The lowest BCUT2D eigenvalue weighted by atomic mass is 9.98. The van der Waals surface area contributed by atoms with Crippen LogP contribution in [0.25, 0.3) is 5.76 Å². The number of anilines is 1. The van der Waals surface area contributed by atoms with E-state index in [4.69, 9.17) is 9.47 Å². The van der Waals surface area contributed by atoms with Crippen LogP contribution in [0, 0.1) is 0 Å². The normalized spacial score (nSPS) is 16.5. The minimum atomic E-state index is -0.908. The van der Waals surface area contributed by atoms with Crippen molar-refractivity contribution in [2.24, 2.45) is 0 Å². The van der Waals surface area contributed by atoms with Crippen molar-refractivity contribution in [3.8, 4) is 11.5 Å². The van der Waals surface area contributed by atoms with Gasteiger partial charge in [0, 0.05) is 17.4 Å². The fourth-order valence-electron chi connectivity index (χ4n) is 4.48. The zero-order valence-corrected chi connectivity index (χ0v) is 21.7. The number of ether oxygens (including phenoxy) is 2. The molecule has 1 aliphatic rings. The van der Waals surface area contributed by atoms with Gasteiger partial charge in [-0.25, -0.2) is 0 Å². The molecule has 4 aromatic rings. The number of hydrogen-bond acceptors (Lipinski definition) is 6. The van der Waals surface area contributed by atoms with Crippen LogP contribution >= 0.6 is 0 Å². The molecule has 1 saturated heterocycles. The summed E-state index contributed by atoms with van der Waals surface area (Å²) in [6, 6.07) is 27.9. The number of ketones is 1. The van der Waals surface area contributed by atoms with E-state index in [0.29, 0.717) is 35.1 Å². The van der Waals surface area contributed by atoms with E-state index in [1.54, 1.807) is 72.9 Å². The van der Waals surface area contributed by atoms with Crippen molar-refractivity contribution in [1.82, 2.24) is 4.98 Å². The van der Waals surface area contributed by atoms with Crippen LogP contribution in [0.4, 0.5) is 5.69 Å². The minimum absolute atomic E-state index is 0.00551. The first kappa shape index (κ1) is 25.7. The molecule has 1 aromatic heterocycles. The Morgan fingerprint density at radius 3 is 2.18 bits per heavy atom. The molecule has 0 spiro atoms. The Bertz CT molecular complexity index is 1480. The van der Waals surface area contributed by atoms with Gasteiger partial charge in [0.2, 0.25) is 0 Å². The van der Waals surface area contributed by atoms with Crippen molar-refractivity contribution in [3.05, 3.63) is 126 Å². The molecular formula is C32H28N2O5. The maximum absolute atomic E-state index is 13.4. The number of hydrogen-bond donors (Lipinski definition) is 1. The van der Waals surface area contributed by atoms with Gasteiger partial charge in [-0.15, -0.1) is 0 Å². The molecule has 5 rings (SSSR count). The van der Waals surface area contributed by atoms with Gasteiger partial charge < -0.3 is 14.6 Å². The molecule has 1 aliphatic heterocycles. The number of rotatable bonds is 8. The molecule has 1 fully saturated rings. The first-order valence-electron chi connectivity index (χ1n) is 12.7. The fourth-order valence-corrected chi connectivity index (χ4v) is 4.48. The summed E-state index contributed by atoms with van der Waals surface area (Å²) >= 11 is 0. The van der Waals surface area contributed by atoms with E-state index in [9.17, 15) is 14.7 Å². The maximum atomic E-state index is 13.4. The molecule has 1 atom stereocenters. The summed E-state index contributed by atoms with van der Waals surface area (Å²) in [5.74, 6) is -0.541. The summed E-state index contributed by atoms with van der Waals surface area (Å²) in [5, 5.41) is 11.3.